The summed E-state index contributed by atoms with van der Waals surface area (Å²) in [5, 5.41) is 0. The zero-order valence-electron chi connectivity index (χ0n) is 12.3. The van der Waals surface area contributed by atoms with E-state index in [0.717, 1.165) is 13.1 Å². The summed E-state index contributed by atoms with van der Waals surface area (Å²) in [5.41, 5.74) is 2.33. The standard InChI is InChI=1S/C17H26N2/c1-3-5-7-13-19-15-17-10-8-16(9-11-17)14-18-12-6-4-2/h8-11,14-15H,3-7,12-13H2,1-2H3/b18-14+,19-15+. The summed E-state index contributed by atoms with van der Waals surface area (Å²) < 4.78 is 0. The molecule has 0 atom stereocenters. The molecule has 0 N–H and O–H groups in total. The highest BCUT2D eigenvalue weighted by molar-refractivity contribution is 5.84. The fourth-order valence-electron chi connectivity index (χ4n) is 1.71. The van der Waals surface area contributed by atoms with Gasteiger partial charge in [0, 0.05) is 25.5 Å². The Morgan fingerprint density at radius 1 is 0.737 bits per heavy atom. The van der Waals surface area contributed by atoms with Gasteiger partial charge in [0.25, 0.3) is 0 Å². The summed E-state index contributed by atoms with van der Waals surface area (Å²) in [6, 6.07) is 8.40. The first-order valence-corrected chi connectivity index (χ1v) is 7.46. The van der Waals surface area contributed by atoms with Crippen LogP contribution in [0.5, 0.6) is 0 Å². The zero-order chi connectivity index (χ0) is 13.8. The molecular weight excluding hydrogens is 232 g/mol. The normalized spacial score (nSPS) is 11.7. The van der Waals surface area contributed by atoms with Gasteiger partial charge in [-0.25, -0.2) is 0 Å². The van der Waals surface area contributed by atoms with Gasteiger partial charge in [0.2, 0.25) is 0 Å². The van der Waals surface area contributed by atoms with E-state index in [1.54, 1.807) is 0 Å². The van der Waals surface area contributed by atoms with Crippen molar-refractivity contribution in [2.45, 2.75) is 46.0 Å². The summed E-state index contributed by atoms with van der Waals surface area (Å²) in [4.78, 5) is 8.83. The number of aliphatic imine (C=N–C) groups is 2. The maximum Gasteiger partial charge on any atom is 0.0389 e. The van der Waals surface area contributed by atoms with Crippen molar-refractivity contribution in [2.75, 3.05) is 13.1 Å². The lowest BCUT2D eigenvalue weighted by Crippen LogP contribution is -1.88. The molecule has 19 heavy (non-hydrogen) atoms. The van der Waals surface area contributed by atoms with Gasteiger partial charge in [-0.15, -0.1) is 0 Å². The highest BCUT2D eigenvalue weighted by atomic mass is 14.7. The summed E-state index contributed by atoms with van der Waals surface area (Å²) in [5.74, 6) is 0. The van der Waals surface area contributed by atoms with Crippen molar-refractivity contribution in [2.24, 2.45) is 9.98 Å². The van der Waals surface area contributed by atoms with E-state index in [2.05, 4.69) is 48.1 Å². The third-order valence-electron chi connectivity index (χ3n) is 2.95. The van der Waals surface area contributed by atoms with Crippen molar-refractivity contribution in [3.05, 3.63) is 35.4 Å². The van der Waals surface area contributed by atoms with E-state index in [4.69, 9.17) is 0 Å². The van der Waals surface area contributed by atoms with E-state index in [0.29, 0.717) is 0 Å². The molecule has 0 heterocycles. The Hall–Kier alpha value is -1.44. The second-order valence-electron chi connectivity index (χ2n) is 4.80. The number of rotatable bonds is 9. The van der Waals surface area contributed by atoms with Crippen LogP contribution in [0.4, 0.5) is 0 Å². The predicted octanol–water partition coefficient (Wildman–Crippen LogP) is 4.51. The molecule has 0 aliphatic rings. The van der Waals surface area contributed by atoms with E-state index < -0.39 is 0 Å². The van der Waals surface area contributed by atoms with Gasteiger partial charge >= 0.3 is 0 Å². The molecule has 0 radical (unpaired) electrons. The van der Waals surface area contributed by atoms with Crippen molar-refractivity contribution >= 4 is 12.4 Å². The van der Waals surface area contributed by atoms with Crippen molar-refractivity contribution in [3.63, 3.8) is 0 Å². The van der Waals surface area contributed by atoms with E-state index in [-0.39, 0.29) is 0 Å². The number of nitrogens with zero attached hydrogens (tertiary/aromatic N) is 2. The minimum Gasteiger partial charge on any atom is -0.293 e. The third-order valence-corrected chi connectivity index (χ3v) is 2.95. The Bertz CT molecular complexity index is 377. The van der Waals surface area contributed by atoms with Gasteiger partial charge < -0.3 is 0 Å². The zero-order valence-corrected chi connectivity index (χ0v) is 12.3. The molecule has 0 amide bonds. The third kappa shape index (κ3) is 7.55. The Kier molecular flexibility index (Phi) is 8.61. The van der Waals surface area contributed by atoms with E-state index in [9.17, 15) is 0 Å². The molecule has 0 unspecified atom stereocenters. The van der Waals surface area contributed by atoms with Crippen molar-refractivity contribution in [1.82, 2.24) is 0 Å². The fraction of sp³-hybridized carbons (Fsp3) is 0.529. The smallest absolute Gasteiger partial charge is 0.0389 e. The molecule has 0 aliphatic carbocycles. The molecule has 2 heteroatoms. The van der Waals surface area contributed by atoms with Crippen LogP contribution in [0.25, 0.3) is 0 Å². The minimum absolute atomic E-state index is 0.928. The summed E-state index contributed by atoms with van der Waals surface area (Å²) in [7, 11) is 0. The number of unbranched alkanes of at least 4 members (excludes halogenated alkanes) is 3. The Morgan fingerprint density at radius 2 is 1.21 bits per heavy atom. The van der Waals surface area contributed by atoms with Crippen LogP contribution in [0.3, 0.4) is 0 Å². The molecule has 0 fully saturated rings. The Labute approximate surface area is 117 Å². The van der Waals surface area contributed by atoms with Crippen molar-refractivity contribution < 1.29 is 0 Å². The fourth-order valence-corrected chi connectivity index (χ4v) is 1.71. The topological polar surface area (TPSA) is 24.7 Å². The van der Waals surface area contributed by atoms with Crippen molar-refractivity contribution in [1.29, 1.82) is 0 Å². The highest BCUT2D eigenvalue weighted by Crippen LogP contribution is 2.01. The first kappa shape index (κ1) is 15.6. The average molecular weight is 258 g/mol. The molecule has 0 spiro atoms. The van der Waals surface area contributed by atoms with Gasteiger partial charge in [-0.05, 0) is 24.0 Å². The van der Waals surface area contributed by atoms with Crippen LogP contribution in [0.2, 0.25) is 0 Å². The monoisotopic (exact) mass is 258 g/mol. The van der Waals surface area contributed by atoms with Gasteiger partial charge in [-0.2, -0.15) is 0 Å². The van der Waals surface area contributed by atoms with Gasteiger partial charge in [-0.1, -0.05) is 57.4 Å². The lowest BCUT2D eigenvalue weighted by atomic mass is 10.1. The lowest BCUT2D eigenvalue weighted by Gasteiger charge is -1.96. The number of hydrogen-bond acceptors (Lipinski definition) is 2. The SMILES string of the molecule is CCCCC/N=C/c1ccc(/C=N/CCCC)cc1. The van der Waals surface area contributed by atoms with Gasteiger partial charge in [-0.3, -0.25) is 9.98 Å². The maximum absolute atomic E-state index is 4.44. The van der Waals surface area contributed by atoms with E-state index in [1.165, 1.54) is 43.2 Å². The molecule has 0 aromatic heterocycles. The molecule has 104 valence electrons. The largest absolute Gasteiger partial charge is 0.293 e. The second-order valence-corrected chi connectivity index (χ2v) is 4.80. The summed E-state index contributed by atoms with van der Waals surface area (Å²) in [6.07, 6.45) is 10.00. The van der Waals surface area contributed by atoms with E-state index >= 15 is 0 Å². The summed E-state index contributed by atoms with van der Waals surface area (Å²) >= 11 is 0. The van der Waals surface area contributed by atoms with Crippen LogP contribution in [0, 0.1) is 0 Å². The van der Waals surface area contributed by atoms with E-state index in [1.807, 2.05) is 12.4 Å². The Morgan fingerprint density at radius 3 is 1.68 bits per heavy atom. The molecule has 1 aromatic carbocycles. The first-order valence-electron chi connectivity index (χ1n) is 7.46. The number of benzene rings is 1. The van der Waals surface area contributed by atoms with Crippen LogP contribution < -0.4 is 0 Å². The first-order chi connectivity index (χ1) is 9.36. The highest BCUT2D eigenvalue weighted by Gasteiger charge is 1.90. The number of hydrogen-bond donors (Lipinski definition) is 0. The molecule has 1 rings (SSSR count). The molecular formula is C17H26N2. The van der Waals surface area contributed by atoms with Crippen LogP contribution in [0.15, 0.2) is 34.3 Å². The van der Waals surface area contributed by atoms with Gasteiger partial charge in [0.15, 0.2) is 0 Å². The maximum atomic E-state index is 4.44. The molecule has 1 aromatic rings. The molecule has 0 saturated heterocycles. The lowest BCUT2D eigenvalue weighted by molar-refractivity contribution is 0.729. The summed E-state index contributed by atoms with van der Waals surface area (Å²) in [6.45, 7) is 6.26. The van der Waals surface area contributed by atoms with Gasteiger partial charge in [0.1, 0.15) is 0 Å². The molecule has 0 bridgehead atoms. The Balaban J connectivity index is 2.36. The molecule has 0 saturated carbocycles. The predicted molar refractivity (Wildman–Crippen MR) is 85.8 cm³/mol. The van der Waals surface area contributed by atoms with Gasteiger partial charge in [0.05, 0.1) is 0 Å². The van der Waals surface area contributed by atoms with Crippen LogP contribution in [-0.2, 0) is 0 Å². The van der Waals surface area contributed by atoms with Crippen molar-refractivity contribution in [3.8, 4) is 0 Å². The average Bonchev–Trinajstić information content (AvgIpc) is 2.45. The molecule has 0 aliphatic heterocycles. The minimum atomic E-state index is 0.928. The quantitative estimate of drug-likeness (QED) is 0.460. The van der Waals surface area contributed by atoms with Crippen LogP contribution >= 0.6 is 0 Å². The molecule has 2 nitrogen and oxygen atoms in total. The van der Waals surface area contributed by atoms with Crippen LogP contribution in [-0.4, -0.2) is 25.5 Å². The van der Waals surface area contributed by atoms with Crippen LogP contribution in [0.1, 0.15) is 57.1 Å². The second kappa shape index (κ2) is 10.5.